The van der Waals surface area contributed by atoms with Crippen molar-refractivity contribution in [2.45, 2.75) is 20.3 Å². The maximum absolute atomic E-state index is 12.5. The number of benzene rings is 2. The molecule has 0 spiro atoms. The van der Waals surface area contributed by atoms with E-state index in [-0.39, 0.29) is 11.7 Å². The molecule has 2 aromatic rings. The fourth-order valence-corrected chi connectivity index (χ4v) is 3.55. The second-order valence-electron chi connectivity index (χ2n) is 5.75. The lowest BCUT2D eigenvalue weighted by molar-refractivity contribution is 0.102. The van der Waals surface area contributed by atoms with Crippen molar-refractivity contribution in [3.8, 4) is 11.5 Å². The standard InChI is InChI=1S/C19H24N2O5S/c1-4-12-27(23,24)21-16-9-7-15(8-10-16)20-19(22)14-6-11-17(25-3)18(13-14)26-5-2/h6-11,13,21H,4-5,12H2,1-3H3,(H,20,22). The van der Waals surface area contributed by atoms with Gasteiger partial charge in [0.1, 0.15) is 0 Å². The number of amides is 1. The summed E-state index contributed by atoms with van der Waals surface area (Å²) in [6.45, 7) is 4.10. The van der Waals surface area contributed by atoms with E-state index in [0.717, 1.165) is 0 Å². The highest BCUT2D eigenvalue weighted by atomic mass is 32.2. The number of sulfonamides is 1. The van der Waals surface area contributed by atoms with Gasteiger partial charge in [-0.3, -0.25) is 9.52 Å². The summed E-state index contributed by atoms with van der Waals surface area (Å²) in [4.78, 5) is 12.5. The van der Waals surface area contributed by atoms with Crippen molar-refractivity contribution >= 4 is 27.3 Å². The van der Waals surface area contributed by atoms with Crippen molar-refractivity contribution < 1.29 is 22.7 Å². The number of hydrogen-bond donors (Lipinski definition) is 2. The molecule has 146 valence electrons. The molecule has 0 aliphatic heterocycles. The van der Waals surface area contributed by atoms with Crippen LogP contribution in [0.3, 0.4) is 0 Å². The van der Waals surface area contributed by atoms with E-state index in [9.17, 15) is 13.2 Å². The van der Waals surface area contributed by atoms with Crippen LogP contribution in [0.15, 0.2) is 42.5 Å². The Labute approximate surface area is 159 Å². The van der Waals surface area contributed by atoms with Gasteiger partial charge < -0.3 is 14.8 Å². The summed E-state index contributed by atoms with van der Waals surface area (Å²) in [6, 6.07) is 11.4. The molecule has 8 heteroatoms. The van der Waals surface area contributed by atoms with Crippen LogP contribution in [-0.4, -0.2) is 33.8 Å². The second-order valence-corrected chi connectivity index (χ2v) is 7.59. The molecule has 2 aromatic carbocycles. The molecule has 27 heavy (non-hydrogen) atoms. The molecule has 0 fully saturated rings. The molecule has 0 bridgehead atoms. The van der Waals surface area contributed by atoms with E-state index >= 15 is 0 Å². The predicted molar refractivity (Wildman–Crippen MR) is 106 cm³/mol. The van der Waals surface area contributed by atoms with E-state index in [0.29, 0.717) is 41.5 Å². The smallest absolute Gasteiger partial charge is 0.255 e. The third-order valence-corrected chi connectivity index (χ3v) is 5.11. The number of ether oxygens (including phenoxy) is 2. The van der Waals surface area contributed by atoms with Crippen LogP contribution < -0.4 is 19.5 Å². The summed E-state index contributed by atoms with van der Waals surface area (Å²) in [5, 5.41) is 2.77. The number of anilines is 2. The largest absolute Gasteiger partial charge is 0.493 e. The number of carbonyl (C=O) groups is 1. The number of hydrogen-bond acceptors (Lipinski definition) is 5. The molecule has 0 aromatic heterocycles. The lowest BCUT2D eigenvalue weighted by atomic mass is 10.1. The molecule has 0 unspecified atom stereocenters. The van der Waals surface area contributed by atoms with Crippen LogP contribution in [0.4, 0.5) is 11.4 Å². The van der Waals surface area contributed by atoms with Crippen LogP contribution in [0, 0.1) is 0 Å². The minimum atomic E-state index is -3.34. The Bertz CT molecular complexity index is 879. The zero-order chi connectivity index (χ0) is 19.9. The Kier molecular flexibility index (Phi) is 7.06. The first kappa shape index (κ1) is 20.6. The highest BCUT2D eigenvalue weighted by molar-refractivity contribution is 7.92. The third-order valence-electron chi connectivity index (χ3n) is 3.61. The molecule has 2 rings (SSSR count). The van der Waals surface area contributed by atoms with E-state index in [1.807, 2.05) is 6.92 Å². The van der Waals surface area contributed by atoms with Gasteiger partial charge in [0, 0.05) is 16.9 Å². The summed E-state index contributed by atoms with van der Waals surface area (Å²) in [5.41, 5.74) is 1.42. The molecule has 7 nitrogen and oxygen atoms in total. The fraction of sp³-hybridized carbons (Fsp3) is 0.316. The quantitative estimate of drug-likeness (QED) is 0.681. The molecule has 0 heterocycles. The van der Waals surface area contributed by atoms with Crippen molar-refractivity contribution in [3.05, 3.63) is 48.0 Å². The zero-order valence-corrected chi connectivity index (χ0v) is 16.4. The number of rotatable bonds is 9. The van der Waals surface area contributed by atoms with E-state index in [4.69, 9.17) is 9.47 Å². The highest BCUT2D eigenvalue weighted by Crippen LogP contribution is 2.28. The van der Waals surface area contributed by atoms with Gasteiger partial charge in [-0.2, -0.15) is 0 Å². The maximum atomic E-state index is 12.5. The van der Waals surface area contributed by atoms with Crippen molar-refractivity contribution in [1.82, 2.24) is 0 Å². The molecule has 1 amide bonds. The van der Waals surface area contributed by atoms with Crippen molar-refractivity contribution in [1.29, 1.82) is 0 Å². The Morgan fingerprint density at radius 1 is 1.00 bits per heavy atom. The number of carbonyl (C=O) groups excluding carboxylic acids is 1. The van der Waals surface area contributed by atoms with Gasteiger partial charge in [0.2, 0.25) is 10.0 Å². The maximum Gasteiger partial charge on any atom is 0.255 e. The zero-order valence-electron chi connectivity index (χ0n) is 15.6. The molecule has 0 radical (unpaired) electrons. The average molecular weight is 392 g/mol. The predicted octanol–water partition coefficient (Wildman–Crippen LogP) is 3.50. The summed E-state index contributed by atoms with van der Waals surface area (Å²) < 4.78 is 36.7. The van der Waals surface area contributed by atoms with E-state index < -0.39 is 10.0 Å². The van der Waals surface area contributed by atoms with Crippen LogP contribution in [-0.2, 0) is 10.0 Å². The van der Waals surface area contributed by atoms with Crippen LogP contribution in [0.5, 0.6) is 11.5 Å². The van der Waals surface area contributed by atoms with E-state index in [1.165, 1.54) is 7.11 Å². The van der Waals surface area contributed by atoms with Crippen molar-refractivity contribution in [2.24, 2.45) is 0 Å². The number of methoxy groups -OCH3 is 1. The second kappa shape index (κ2) is 9.27. The van der Waals surface area contributed by atoms with Crippen molar-refractivity contribution in [2.75, 3.05) is 29.5 Å². The van der Waals surface area contributed by atoms with Gasteiger partial charge in [0.15, 0.2) is 11.5 Å². The van der Waals surface area contributed by atoms with Gasteiger partial charge in [-0.25, -0.2) is 8.42 Å². The molecule has 0 atom stereocenters. The number of nitrogens with one attached hydrogen (secondary N) is 2. The molecule has 2 N–H and O–H groups in total. The molecule has 0 aliphatic rings. The normalized spacial score (nSPS) is 10.9. The summed E-state index contributed by atoms with van der Waals surface area (Å²) >= 11 is 0. The minimum Gasteiger partial charge on any atom is -0.493 e. The van der Waals surface area contributed by atoms with E-state index in [2.05, 4.69) is 10.0 Å². The van der Waals surface area contributed by atoms with Gasteiger partial charge in [-0.15, -0.1) is 0 Å². The van der Waals surface area contributed by atoms with Gasteiger partial charge in [-0.1, -0.05) is 6.92 Å². The van der Waals surface area contributed by atoms with Crippen LogP contribution in [0.2, 0.25) is 0 Å². The Morgan fingerprint density at radius 2 is 1.67 bits per heavy atom. The summed E-state index contributed by atoms with van der Waals surface area (Å²) in [7, 11) is -1.81. The lowest BCUT2D eigenvalue weighted by Gasteiger charge is -2.12. The molecule has 0 saturated carbocycles. The van der Waals surface area contributed by atoms with E-state index in [1.54, 1.807) is 49.4 Å². The SMILES string of the molecule is CCCS(=O)(=O)Nc1ccc(NC(=O)c2ccc(OC)c(OCC)c2)cc1. The first-order chi connectivity index (χ1) is 12.9. The van der Waals surface area contributed by atoms with Gasteiger partial charge >= 0.3 is 0 Å². The summed E-state index contributed by atoms with van der Waals surface area (Å²) in [6.07, 6.45) is 0.537. The Hall–Kier alpha value is -2.74. The average Bonchev–Trinajstić information content (AvgIpc) is 2.63. The first-order valence-electron chi connectivity index (χ1n) is 8.61. The minimum absolute atomic E-state index is 0.0606. The van der Waals surface area contributed by atoms with Crippen LogP contribution in [0.25, 0.3) is 0 Å². The van der Waals surface area contributed by atoms with Gasteiger partial charge in [0.25, 0.3) is 5.91 Å². The van der Waals surface area contributed by atoms with Crippen LogP contribution >= 0.6 is 0 Å². The van der Waals surface area contributed by atoms with Crippen LogP contribution in [0.1, 0.15) is 30.6 Å². The molecular weight excluding hydrogens is 368 g/mol. The third kappa shape index (κ3) is 5.89. The molecule has 0 saturated heterocycles. The Morgan fingerprint density at radius 3 is 2.26 bits per heavy atom. The monoisotopic (exact) mass is 392 g/mol. The topological polar surface area (TPSA) is 93.7 Å². The Balaban J connectivity index is 2.08. The highest BCUT2D eigenvalue weighted by Gasteiger charge is 2.12. The fourth-order valence-electron chi connectivity index (χ4n) is 2.41. The lowest BCUT2D eigenvalue weighted by Crippen LogP contribution is -2.16. The van der Waals surface area contributed by atoms with Gasteiger partial charge in [-0.05, 0) is 55.8 Å². The van der Waals surface area contributed by atoms with Gasteiger partial charge in [0.05, 0.1) is 19.5 Å². The first-order valence-corrected chi connectivity index (χ1v) is 10.3. The van der Waals surface area contributed by atoms with Crippen molar-refractivity contribution in [3.63, 3.8) is 0 Å². The summed E-state index contributed by atoms with van der Waals surface area (Å²) in [5.74, 6) is 0.800. The molecule has 0 aliphatic carbocycles. The molecular formula is C19H24N2O5S.